The van der Waals surface area contributed by atoms with E-state index in [4.69, 9.17) is 23.7 Å². The van der Waals surface area contributed by atoms with Gasteiger partial charge in [-0.15, -0.1) is 6.58 Å². The molecule has 1 rings (SSSR count). The van der Waals surface area contributed by atoms with Crippen LogP contribution in [0.4, 0.5) is 0 Å². The van der Waals surface area contributed by atoms with Crippen LogP contribution in [0.1, 0.15) is 463 Å². The number of aliphatic hydroxyl groups is 1. The lowest BCUT2D eigenvalue weighted by molar-refractivity contribution is -0.146. The van der Waals surface area contributed by atoms with Crippen LogP contribution in [-0.2, 0) is 42.9 Å². The normalized spacial score (nSPS) is 12.7. The first-order valence-corrected chi connectivity index (χ1v) is 47.4. The van der Waals surface area contributed by atoms with Gasteiger partial charge in [0.05, 0.1) is 19.8 Å². The highest BCUT2D eigenvalue weighted by atomic mass is 16.6. The number of hydrogen-bond acceptors (Lipinski definition) is 12. The lowest BCUT2D eigenvalue weighted by Gasteiger charge is -2.28. The van der Waals surface area contributed by atoms with E-state index in [0.29, 0.717) is 76.3 Å². The zero-order valence-corrected chi connectivity index (χ0v) is 73.3. The number of benzene rings is 1. The number of rotatable bonds is 86. The molecule has 0 aliphatic heterocycles. The highest BCUT2D eigenvalue weighted by molar-refractivity contribution is 6.01. The molecule has 4 unspecified atom stereocenters. The first-order chi connectivity index (χ1) is 54.2. The molecule has 0 aliphatic carbocycles. The second-order valence-corrected chi connectivity index (χ2v) is 33.7. The molecule has 14 nitrogen and oxygen atoms in total. The molecule has 0 aliphatic rings. The summed E-state index contributed by atoms with van der Waals surface area (Å²) in [7, 11) is 0. The third-order valence-corrected chi connectivity index (χ3v) is 23.0. The zero-order valence-electron chi connectivity index (χ0n) is 73.3. The first-order valence-electron chi connectivity index (χ1n) is 47.4. The van der Waals surface area contributed by atoms with Gasteiger partial charge in [-0.2, -0.15) is 0 Å². The van der Waals surface area contributed by atoms with Crippen LogP contribution < -0.4 is 15.4 Å². The fourth-order valence-corrected chi connectivity index (χ4v) is 16.1. The Morgan fingerprint density at radius 3 is 0.901 bits per heavy atom. The van der Waals surface area contributed by atoms with Crippen LogP contribution in [0.5, 0.6) is 5.75 Å². The number of nitrogens with one attached hydrogen (secondary N) is 2. The van der Waals surface area contributed by atoms with Crippen molar-refractivity contribution in [3.05, 3.63) is 42.5 Å². The fraction of sp³-hybridized carbons (Fsp3) is 0.856. The van der Waals surface area contributed by atoms with E-state index >= 15 is 0 Å². The Morgan fingerprint density at radius 1 is 0.342 bits per heavy atom. The monoisotopic (exact) mass is 1560 g/mol. The van der Waals surface area contributed by atoms with Crippen molar-refractivity contribution in [2.24, 2.45) is 23.7 Å². The summed E-state index contributed by atoms with van der Waals surface area (Å²) in [5, 5.41) is 16.1. The summed E-state index contributed by atoms with van der Waals surface area (Å²) < 4.78 is 27.1. The van der Waals surface area contributed by atoms with Crippen molar-refractivity contribution in [3.63, 3.8) is 0 Å². The quantitative estimate of drug-likeness (QED) is 0.0184. The number of hydrogen-bond donors (Lipinski definition) is 3. The third-order valence-electron chi connectivity index (χ3n) is 23.0. The van der Waals surface area contributed by atoms with Crippen LogP contribution in [0.3, 0.4) is 0 Å². The minimum Gasteiger partial charge on any atom is -0.490 e. The SMILES string of the molecule is C=CCOCCOC(=O)CCCCCOC(=O)CCCCCCCCC(CCCCCCCC)C(CCCCCCCC)CCCCCCCCC(=O)NCCNC(=O)CCCCCCCCC(CCCCCCCC)C(CCCCCCCC)CCCCCCCCC(=O)OCCOc1ccc(C(=O)C(C)(C)O)cc1. The van der Waals surface area contributed by atoms with Crippen LogP contribution in [0.25, 0.3) is 0 Å². The molecule has 0 saturated heterocycles. The second kappa shape index (κ2) is 78.2. The largest absolute Gasteiger partial charge is 0.490 e. The molecule has 0 fully saturated rings. The summed E-state index contributed by atoms with van der Waals surface area (Å²) in [6, 6.07) is 6.66. The van der Waals surface area contributed by atoms with Crippen molar-refractivity contribution in [3.8, 4) is 5.75 Å². The Morgan fingerprint density at radius 2 is 0.604 bits per heavy atom. The molecular formula is C97H176N2O12. The molecule has 1 aromatic carbocycles. The van der Waals surface area contributed by atoms with Gasteiger partial charge in [0.2, 0.25) is 11.8 Å². The van der Waals surface area contributed by atoms with Crippen molar-refractivity contribution in [2.75, 3.05) is 52.7 Å². The first kappa shape index (κ1) is 105. The van der Waals surface area contributed by atoms with Gasteiger partial charge in [-0.25, -0.2) is 0 Å². The highest BCUT2D eigenvalue weighted by Crippen LogP contribution is 2.36. The molecule has 0 bridgehead atoms. The van der Waals surface area contributed by atoms with E-state index in [1.807, 2.05) is 0 Å². The van der Waals surface area contributed by atoms with Crippen LogP contribution in [0.2, 0.25) is 0 Å². The Balaban J connectivity index is 2.46. The summed E-state index contributed by atoms with van der Waals surface area (Å²) in [6.45, 7) is 18.7. The van der Waals surface area contributed by atoms with Crippen LogP contribution in [-0.4, -0.2) is 98.9 Å². The van der Waals surface area contributed by atoms with Crippen molar-refractivity contribution < 1.29 is 57.6 Å². The van der Waals surface area contributed by atoms with Gasteiger partial charge in [-0.3, -0.25) is 28.8 Å². The summed E-state index contributed by atoms with van der Waals surface area (Å²) in [6.07, 6.45) is 78.0. The van der Waals surface area contributed by atoms with E-state index < -0.39 is 5.60 Å². The molecule has 646 valence electrons. The summed E-state index contributed by atoms with van der Waals surface area (Å²) in [5.41, 5.74) is -1.01. The number of ether oxygens (including phenoxy) is 5. The Hall–Kier alpha value is -4.30. The number of Topliss-reactive ketones (excluding diaryl/α,β-unsaturated/α-hetero) is 1. The standard InChI is InChI=1S/C97H176N2O12/c1-8-13-17-21-33-46-60-85(87(62-48-35-23-19-15-10-3)66-52-39-27-31-43-56-70-93(102)109-80-59-45-58-72-94(103)110-82-81-107-79-12-5)64-50-37-25-29-41-54-68-91(100)98-77-78-99-92(101)69-55-42-30-26-38-51-65-86(61-47-34-22-18-14-9-2)88(63-49-36-24-20-16-11-4)67-53-40-28-32-44-57-71-95(104)111-84-83-108-90-75-73-89(74-76-90)96(105)97(6,7)106/h12,73-76,85-88,106H,5,8-11,13-72,77-84H2,1-4,6-7H3,(H,98,100)(H,99,101). The molecule has 1 aromatic rings. The maximum atomic E-state index is 12.8. The smallest absolute Gasteiger partial charge is 0.305 e. The molecule has 14 heteroatoms. The Kier molecular flexibility index (Phi) is 73.8. The van der Waals surface area contributed by atoms with Crippen LogP contribution >= 0.6 is 0 Å². The third kappa shape index (κ3) is 67.6. The second-order valence-electron chi connectivity index (χ2n) is 33.7. The van der Waals surface area contributed by atoms with Gasteiger partial charge >= 0.3 is 17.9 Å². The van der Waals surface area contributed by atoms with Gasteiger partial charge in [0, 0.05) is 50.8 Å². The number of ketones is 1. The van der Waals surface area contributed by atoms with E-state index in [-0.39, 0.29) is 55.3 Å². The molecule has 0 heterocycles. The average molecular weight is 1560 g/mol. The summed E-state index contributed by atoms with van der Waals surface area (Å²) in [4.78, 5) is 74.7. The van der Waals surface area contributed by atoms with E-state index in [9.17, 15) is 33.9 Å². The molecule has 3 N–H and O–H groups in total. The molecule has 0 saturated carbocycles. The maximum absolute atomic E-state index is 12.8. The van der Waals surface area contributed by atoms with Gasteiger partial charge < -0.3 is 39.4 Å². The maximum Gasteiger partial charge on any atom is 0.305 e. The van der Waals surface area contributed by atoms with Crippen LogP contribution in [0, 0.1) is 23.7 Å². The van der Waals surface area contributed by atoms with E-state index in [1.165, 1.54) is 316 Å². The lowest BCUT2D eigenvalue weighted by Crippen LogP contribution is -2.34. The van der Waals surface area contributed by atoms with Gasteiger partial charge in [-0.1, -0.05) is 368 Å². The fourth-order valence-electron chi connectivity index (χ4n) is 16.1. The topological polar surface area (TPSA) is 193 Å². The number of amides is 2. The van der Waals surface area contributed by atoms with Gasteiger partial charge in [0.1, 0.15) is 31.2 Å². The molecule has 0 aromatic heterocycles. The van der Waals surface area contributed by atoms with Crippen molar-refractivity contribution in [1.29, 1.82) is 0 Å². The molecule has 0 radical (unpaired) electrons. The Bertz CT molecular complexity index is 2300. The van der Waals surface area contributed by atoms with Crippen molar-refractivity contribution in [2.45, 2.75) is 458 Å². The van der Waals surface area contributed by atoms with E-state index in [0.717, 1.165) is 101 Å². The summed E-state index contributed by atoms with van der Waals surface area (Å²) >= 11 is 0. The van der Waals surface area contributed by atoms with Gasteiger partial charge in [-0.05, 0) is 107 Å². The number of esters is 3. The average Bonchev–Trinajstić information content (AvgIpc) is 0.851. The number of carbonyl (C=O) groups excluding carboxylic acids is 6. The van der Waals surface area contributed by atoms with Crippen molar-refractivity contribution >= 4 is 35.5 Å². The lowest BCUT2D eigenvalue weighted by atomic mass is 9.78. The highest BCUT2D eigenvalue weighted by Gasteiger charge is 2.26. The number of carbonyl (C=O) groups is 6. The predicted octanol–water partition coefficient (Wildman–Crippen LogP) is 26.6. The van der Waals surface area contributed by atoms with Gasteiger partial charge in [0.15, 0.2) is 5.78 Å². The minimum absolute atomic E-state index is 0.0993. The number of unbranched alkanes of at least 4 members (excludes halogenated alkanes) is 42. The van der Waals surface area contributed by atoms with Crippen molar-refractivity contribution in [1.82, 2.24) is 10.6 Å². The van der Waals surface area contributed by atoms with Gasteiger partial charge in [0.25, 0.3) is 0 Å². The summed E-state index contributed by atoms with van der Waals surface area (Å²) in [5.74, 6) is 3.25. The molecule has 0 spiro atoms. The predicted molar refractivity (Wildman–Crippen MR) is 465 cm³/mol. The molecule has 111 heavy (non-hydrogen) atoms. The van der Waals surface area contributed by atoms with E-state index in [1.54, 1.807) is 30.3 Å². The zero-order chi connectivity index (χ0) is 80.8. The Labute approximate surface area is 682 Å². The molecule has 2 amide bonds. The molecular weight excluding hydrogens is 1390 g/mol. The van der Waals surface area contributed by atoms with E-state index in [2.05, 4.69) is 44.9 Å². The minimum atomic E-state index is -1.43. The van der Waals surface area contributed by atoms with Crippen LogP contribution in [0.15, 0.2) is 36.9 Å². The molecule has 4 atom stereocenters.